The van der Waals surface area contributed by atoms with E-state index in [-0.39, 0.29) is 24.3 Å². The van der Waals surface area contributed by atoms with Gasteiger partial charge < -0.3 is 10.6 Å². The molecule has 5 nitrogen and oxygen atoms in total. The topological polar surface area (TPSA) is 66.6 Å². The molecule has 0 aromatic heterocycles. The van der Waals surface area contributed by atoms with Crippen LogP contribution in [0.15, 0.2) is 30.3 Å². The fraction of sp³-hybridized carbons (Fsp3) is 0.579. The number of likely N-dealkylation sites (tertiary alicyclic amines) is 1. The molecule has 1 heterocycles. The van der Waals surface area contributed by atoms with Crippen LogP contribution >= 0.6 is 0 Å². The third-order valence-corrected chi connectivity index (χ3v) is 4.54. The van der Waals surface area contributed by atoms with Gasteiger partial charge in [-0.15, -0.1) is 0 Å². The van der Waals surface area contributed by atoms with Gasteiger partial charge in [0.2, 0.25) is 11.8 Å². The number of nitrogens with zero attached hydrogens (tertiary/aromatic N) is 2. The minimum atomic E-state index is -0.324. The van der Waals surface area contributed by atoms with E-state index >= 15 is 0 Å². The lowest BCUT2D eigenvalue weighted by Gasteiger charge is -2.34. The predicted octanol–water partition coefficient (Wildman–Crippen LogP) is 2.01. The summed E-state index contributed by atoms with van der Waals surface area (Å²) >= 11 is 0. The molecule has 0 bridgehead atoms. The number of amides is 2. The summed E-state index contributed by atoms with van der Waals surface area (Å²) < 4.78 is 0. The zero-order valence-corrected chi connectivity index (χ0v) is 14.6. The van der Waals surface area contributed by atoms with Crippen LogP contribution in [0.2, 0.25) is 0 Å². The fourth-order valence-corrected chi connectivity index (χ4v) is 3.30. The van der Waals surface area contributed by atoms with Crippen molar-refractivity contribution in [1.29, 1.82) is 0 Å². The van der Waals surface area contributed by atoms with E-state index in [1.54, 1.807) is 0 Å². The highest BCUT2D eigenvalue weighted by molar-refractivity contribution is 5.79. The van der Waals surface area contributed by atoms with E-state index in [2.05, 4.69) is 19.1 Å². The lowest BCUT2D eigenvalue weighted by Crippen LogP contribution is -2.47. The first kappa shape index (κ1) is 18.5. The maximum atomic E-state index is 13.0. The summed E-state index contributed by atoms with van der Waals surface area (Å²) in [6.07, 6.45) is 3.91. The van der Waals surface area contributed by atoms with Crippen molar-refractivity contribution in [2.24, 2.45) is 11.7 Å². The molecule has 5 heteroatoms. The van der Waals surface area contributed by atoms with Crippen molar-refractivity contribution in [3.05, 3.63) is 35.9 Å². The second-order valence-electron chi connectivity index (χ2n) is 6.64. The van der Waals surface area contributed by atoms with Crippen LogP contribution in [-0.4, -0.2) is 47.8 Å². The summed E-state index contributed by atoms with van der Waals surface area (Å²) in [5.41, 5.74) is 6.46. The monoisotopic (exact) mass is 331 g/mol. The van der Waals surface area contributed by atoms with Crippen LogP contribution in [-0.2, 0) is 16.1 Å². The molecular weight excluding hydrogens is 302 g/mol. The van der Waals surface area contributed by atoms with Crippen LogP contribution in [0.25, 0.3) is 0 Å². The third-order valence-electron chi connectivity index (χ3n) is 4.54. The maximum absolute atomic E-state index is 13.0. The molecular formula is C19H29N3O2. The van der Waals surface area contributed by atoms with Gasteiger partial charge >= 0.3 is 0 Å². The molecule has 1 aromatic carbocycles. The molecule has 1 atom stereocenters. The molecule has 2 rings (SSSR count). The van der Waals surface area contributed by atoms with E-state index in [1.807, 2.05) is 28.0 Å². The van der Waals surface area contributed by atoms with E-state index in [1.165, 1.54) is 0 Å². The first-order chi connectivity index (χ1) is 11.6. The Morgan fingerprint density at radius 3 is 2.71 bits per heavy atom. The Morgan fingerprint density at radius 1 is 1.29 bits per heavy atom. The molecule has 24 heavy (non-hydrogen) atoms. The standard InChI is InChI=1S/C19H29N3O2/c1-2-3-12-22(13-16-8-5-4-6-9-16)19(24)17-10-7-11-21(14-17)15-18(20)23/h4-6,8-9,17H,2-3,7,10-15H2,1H3,(H2,20,23)/t17-/m1/s1. The van der Waals surface area contributed by atoms with Gasteiger partial charge in [-0.2, -0.15) is 0 Å². The molecule has 0 radical (unpaired) electrons. The number of nitrogens with two attached hydrogens (primary N) is 1. The molecule has 0 aliphatic carbocycles. The van der Waals surface area contributed by atoms with Crippen molar-refractivity contribution in [2.75, 3.05) is 26.2 Å². The van der Waals surface area contributed by atoms with Gasteiger partial charge in [-0.25, -0.2) is 0 Å². The molecule has 1 aromatic rings. The van der Waals surface area contributed by atoms with Crippen molar-refractivity contribution in [1.82, 2.24) is 9.80 Å². The summed E-state index contributed by atoms with van der Waals surface area (Å²) in [5, 5.41) is 0. The number of hydrogen-bond donors (Lipinski definition) is 1. The maximum Gasteiger partial charge on any atom is 0.231 e. The lowest BCUT2D eigenvalue weighted by atomic mass is 9.96. The average Bonchev–Trinajstić information content (AvgIpc) is 2.58. The zero-order valence-electron chi connectivity index (χ0n) is 14.6. The van der Waals surface area contributed by atoms with Crippen LogP contribution in [0.3, 0.4) is 0 Å². The molecule has 1 saturated heterocycles. The molecule has 2 N–H and O–H groups in total. The third kappa shape index (κ3) is 5.64. The van der Waals surface area contributed by atoms with Gasteiger partial charge in [-0.05, 0) is 31.4 Å². The number of benzene rings is 1. The highest BCUT2D eigenvalue weighted by Gasteiger charge is 2.29. The van der Waals surface area contributed by atoms with Crippen molar-refractivity contribution in [3.8, 4) is 0 Å². The van der Waals surface area contributed by atoms with Gasteiger partial charge in [-0.1, -0.05) is 43.7 Å². The summed E-state index contributed by atoms with van der Waals surface area (Å²) in [6.45, 7) is 5.32. The Hall–Kier alpha value is -1.88. The SMILES string of the molecule is CCCCN(Cc1ccccc1)C(=O)[C@@H]1CCCN(CC(N)=O)C1. The molecule has 1 aliphatic heterocycles. The van der Waals surface area contributed by atoms with Crippen molar-refractivity contribution < 1.29 is 9.59 Å². The first-order valence-electron chi connectivity index (χ1n) is 8.93. The number of unbranched alkanes of at least 4 members (excludes halogenated alkanes) is 1. The smallest absolute Gasteiger partial charge is 0.231 e. The molecule has 1 fully saturated rings. The van der Waals surface area contributed by atoms with Gasteiger partial charge in [0.25, 0.3) is 0 Å². The van der Waals surface area contributed by atoms with E-state index in [0.29, 0.717) is 13.1 Å². The second-order valence-corrected chi connectivity index (χ2v) is 6.64. The van der Waals surface area contributed by atoms with Crippen molar-refractivity contribution in [2.45, 2.75) is 39.2 Å². The average molecular weight is 331 g/mol. The molecule has 1 aliphatic rings. The van der Waals surface area contributed by atoms with Gasteiger partial charge in [0.15, 0.2) is 0 Å². The fourth-order valence-electron chi connectivity index (χ4n) is 3.30. The molecule has 0 spiro atoms. The predicted molar refractivity (Wildman–Crippen MR) is 95.1 cm³/mol. The highest BCUT2D eigenvalue weighted by Crippen LogP contribution is 2.20. The van der Waals surface area contributed by atoms with Gasteiger partial charge in [0.05, 0.1) is 12.5 Å². The Labute approximate surface area is 144 Å². The zero-order chi connectivity index (χ0) is 17.4. The minimum absolute atomic E-state index is 0.0290. The van der Waals surface area contributed by atoms with E-state index in [0.717, 1.165) is 44.3 Å². The van der Waals surface area contributed by atoms with Crippen LogP contribution in [0.4, 0.5) is 0 Å². The van der Waals surface area contributed by atoms with E-state index in [9.17, 15) is 9.59 Å². The Bertz CT molecular complexity index is 533. The van der Waals surface area contributed by atoms with Crippen LogP contribution in [0.5, 0.6) is 0 Å². The normalized spacial score (nSPS) is 18.3. The van der Waals surface area contributed by atoms with Crippen LogP contribution < -0.4 is 5.73 Å². The Kier molecular flexibility index (Phi) is 7.25. The first-order valence-corrected chi connectivity index (χ1v) is 8.93. The van der Waals surface area contributed by atoms with Gasteiger partial charge in [0, 0.05) is 19.6 Å². The van der Waals surface area contributed by atoms with Crippen molar-refractivity contribution in [3.63, 3.8) is 0 Å². The summed E-state index contributed by atoms with van der Waals surface area (Å²) in [5.74, 6) is -0.143. The highest BCUT2D eigenvalue weighted by atomic mass is 16.2. The summed E-state index contributed by atoms with van der Waals surface area (Å²) in [4.78, 5) is 28.2. The number of primary amides is 1. The quantitative estimate of drug-likeness (QED) is 0.792. The minimum Gasteiger partial charge on any atom is -0.369 e. The number of carbonyl (C=O) groups is 2. The Balaban J connectivity index is 2.01. The van der Waals surface area contributed by atoms with Crippen LogP contribution in [0.1, 0.15) is 38.2 Å². The van der Waals surface area contributed by atoms with Crippen molar-refractivity contribution >= 4 is 11.8 Å². The molecule has 0 saturated carbocycles. The lowest BCUT2D eigenvalue weighted by molar-refractivity contribution is -0.138. The second kappa shape index (κ2) is 9.42. The number of piperidine rings is 1. The number of rotatable bonds is 8. The van der Waals surface area contributed by atoms with E-state index in [4.69, 9.17) is 5.73 Å². The van der Waals surface area contributed by atoms with E-state index < -0.39 is 0 Å². The molecule has 132 valence electrons. The van der Waals surface area contributed by atoms with Gasteiger partial charge in [-0.3, -0.25) is 14.5 Å². The summed E-state index contributed by atoms with van der Waals surface area (Å²) in [6, 6.07) is 10.1. The van der Waals surface area contributed by atoms with Crippen LogP contribution in [0, 0.1) is 5.92 Å². The molecule has 2 amide bonds. The number of hydrogen-bond acceptors (Lipinski definition) is 3. The van der Waals surface area contributed by atoms with Gasteiger partial charge in [0.1, 0.15) is 0 Å². The largest absolute Gasteiger partial charge is 0.369 e. The summed E-state index contributed by atoms with van der Waals surface area (Å²) in [7, 11) is 0. The molecule has 0 unspecified atom stereocenters. The number of carbonyl (C=O) groups excluding carboxylic acids is 2. The Morgan fingerprint density at radius 2 is 2.04 bits per heavy atom.